The molecule has 4 heteroatoms. The first-order valence-electron chi connectivity index (χ1n) is 5.81. The SMILES string of the molecule is CCCCOCC(O)CNCc1ccco1. The van der Waals surface area contributed by atoms with Gasteiger partial charge in [-0.3, -0.25) is 0 Å². The zero-order chi connectivity index (χ0) is 11.6. The third-order valence-corrected chi connectivity index (χ3v) is 2.21. The lowest BCUT2D eigenvalue weighted by Crippen LogP contribution is -2.30. The lowest BCUT2D eigenvalue weighted by molar-refractivity contribution is 0.0356. The van der Waals surface area contributed by atoms with Crippen molar-refractivity contribution in [1.29, 1.82) is 0 Å². The number of ether oxygens (including phenoxy) is 1. The van der Waals surface area contributed by atoms with Crippen LogP contribution in [0.15, 0.2) is 22.8 Å². The van der Waals surface area contributed by atoms with Gasteiger partial charge in [0.1, 0.15) is 5.76 Å². The highest BCUT2D eigenvalue weighted by molar-refractivity contribution is 4.97. The van der Waals surface area contributed by atoms with Crippen molar-refractivity contribution in [2.45, 2.75) is 32.4 Å². The Kier molecular flexibility index (Phi) is 6.88. The molecule has 4 nitrogen and oxygen atoms in total. The molecular formula is C12H21NO3. The Bertz CT molecular complexity index is 249. The Balaban J connectivity index is 1.95. The van der Waals surface area contributed by atoms with E-state index in [0.717, 1.165) is 25.2 Å². The fraction of sp³-hybridized carbons (Fsp3) is 0.667. The summed E-state index contributed by atoms with van der Waals surface area (Å²) < 4.78 is 10.5. The quantitative estimate of drug-likeness (QED) is 0.628. The maximum absolute atomic E-state index is 9.56. The highest BCUT2D eigenvalue weighted by Gasteiger charge is 2.03. The van der Waals surface area contributed by atoms with Gasteiger partial charge in [0.25, 0.3) is 0 Å². The molecule has 16 heavy (non-hydrogen) atoms. The summed E-state index contributed by atoms with van der Waals surface area (Å²) in [5.74, 6) is 0.874. The molecule has 0 aliphatic heterocycles. The molecule has 0 saturated heterocycles. The van der Waals surface area contributed by atoms with Crippen molar-refractivity contribution in [3.63, 3.8) is 0 Å². The normalized spacial score (nSPS) is 12.9. The molecule has 0 radical (unpaired) electrons. The summed E-state index contributed by atoms with van der Waals surface area (Å²) in [6.07, 6.45) is 3.35. The average Bonchev–Trinajstić information content (AvgIpc) is 2.77. The Hall–Kier alpha value is -0.840. The number of nitrogens with one attached hydrogen (secondary N) is 1. The van der Waals surface area contributed by atoms with Crippen LogP contribution < -0.4 is 5.32 Å². The first-order valence-corrected chi connectivity index (χ1v) is 5.81. The molecule has 1 rings (SSSR count). The van der Waals surface area contributed by atoms with Crippen LogP contribution in [-0.2, 0) is 11.3 Å². The first-order chi connectivity index (χ1) is 7.83. The standard InChI is InChI=1S/C12H21NO3/c1-2-3-6-15-10-11(14)8-13-9-12-5-4-7-16-12/h4-5,7,11,13-14H,2-3,6,8-10H2,1H3. The Morgan fingerprint density at radius 1 is 1.56 bits per heavy atom. The molecule has 0 saturated carbocycles. The molecule has 0 amide bonds. The monoisotopic (exact) mass is 227 g/mol. The number of hydrogen-bond acceptors (Lipinski definition) is 4. The van der Waals surface area contributed by atoms with E-state index in [4.69, 9.17) is 9.15 Å². The van der Waals surface area contributed by atoms with E-state index >= 15 is 0 Å². The minimum absolute atomic E-state index is 0.394. The van der Waals surface area contributed by atoms with Gasteiger partial charge < -0.3 is 19.6 Å². The van der Waals surface area contributed by atoms with Gasteiger partial charge in [-0.2, -0.15) is 0 Å². The zero-order valence-corrected chi connectivity index (χ0v) is 9.82. The van der Waals surface area contributed by atoms with Crippen LogP contribution in [0.5, 0.6) is 0 Å². The number of unbranched alkanes of at least 4 members (excludes halogenated alkanes) is 1. The first kappa shape index (κ1) is 13.2. The summed E-state index contributed by atoms with van der Waals surface area (Å²) in [6, 6.07) is 3.75. The van der Waals surface area contributed by atoms with Crippen LogP contribution in [0.1, 0.15) is 25.5 Å². The lowest BCUT2D eigenvalue weighted by atomic mass is 10.3. The van der Waals surface area contributed by atoms with Crippen molar-refractivity contribution in [3.05, 3.63) is 24.2 Å². The molecule has 1 atom stereocenters. The maximum atomic E-state index is 9.56. The topological polar surface area (TPSA) is 54.6 Å². The van der Waals surface area contributed by atoms with Gasteiger partial charge in [0, 0.05) is 13.2 Å². The Labute approximate surface area is 96.6 Å². The van der Waals surface area contributed by atoms with E-state index in [9.17, 15) is 5.11 Å². The van der Waals surface area contributed by atoms with Gasteiger partial charge in [0.15, 0.2) is 0 Å². The molecule has 1 heterocycles. The average molecular weight is 227 g/mol. The van der Waals surface area contributed by atoms with Gasteiger partial charge in [0.2, 0.25) is 0 Å². The highest BCUT2D eigenvalue weighted by Crippen LogP contribution is 1.98. The van der Waals surface area contributed by atoms with Gasteiger partial charge in [-0.15, -0.1) is 0 Å². The fourth-order valence-electron chi connectivity index (χ4n) is 1.30. The smallest absolute Gasteiger partial charge is 0.117 e. The minimum Gasteiger partial charge on any atom is -0.468 e. The van der Waals surface area contributed by atoms with Gasteiger partial charge >= 0.3 is 0 Å². The van der Waals surface area contributed by atoms with Gasteiger partial charge in [-0.05, 0) is 18.6 Å². The number of rotatable bonds is 9. The van der Waals surface area contributed by atoms with Crippen LogP contribution in [-0.4, -0.2) is 31.0 Å². The molecule has 0 spiro atoms. The molecular weight excluding hydrogens is 206 g/mol. The molecule has 1 unspecified atom stereocenters. The second-order valence-corrected chi connectivity index (χ2v) is 3.79. The molecule has 1 aromatic heterocycles. The number of aliphatic hydroxyl groups is 1. The van der Waals surface area contributed by atoms with Crippen molar-refractivity contribution in [3.8, 4) is 0 Å². The van der Waals surface area contributed by atoms with E-state index in [2.05, 4.69) is 12.2 Å². The van der Waals surface area contributed by atoms with Crippen LogP contribution >= 0.6 is 0 Å². The minimum atomic E-state index is -0.452. The third-order valence-electron chi connectivity index (χ3n) is 2.21. The second-order valence-electron chi connectivity index (χ2n) is 3.79. The van der Waals surface area contributed by atoms with Crippen molar-refractivity contribution < 1.29 is 14.3 Å². The summed E-state index contributed by atoms with van der Waals surface area (Å²) in [5.41, 5.74) is 0. The van der Waals surface area contributed by atoms with Crippen molar-refractivity contribution in [2.75, 3.05) is 19.8 Å². The molecule has 0 aliphatic carbocycles. The summed E-state index contributed by atoms with van der Waals surface area (Å²) in [4.78, 5) is 0. The molecule has 0 bridgehead atoms. The highest BCUT2D eigenvalue weighted by atomic mass is 16.5. The maximum Gasteiger partial charge on any atom is 0.117 e. The number of hydrogen-bond donors (Lipinski definition) is 2. The Morgan fingerprint density at radius 2 is 2.44 bits per heavy atom. The van der Waals surface area contributed by atoms with Crippen LogP contribution in [0.2, 0.25) is 0 Å². The van der Waals surface area contributed by atoms with E-state index in [1.165, 1.54) is 0 Å². The summed E-state index contributed by atoms with van der Waals surface area (Å²) in [6.45, 7) is 4.40. The van der Waals surface area contributed by atoms with Crippen LogP contribution in [0.4, 0.5) is 0 Å². The lowest BCUT2D eigenvalue weighted by Gasteiger charge is -2.11. The summed E-state index contributed by atoms with van der Waals surface area (Å²) >= 11 is 0. The molecule has 1 aromatic rings. The van der Waals surface area contributed by atoms with E-state index in [1.54, 1.807) is 6.26 Å². The van der Waals surface area contributed by atoms with Crippen molar-refractivity contribution in [2.24, 2.45) is 0 Å². The van der Waals surface area contributed by atoms with Gasteiger partial charge in [-0.25, -0.2) is 0 Å². The fourth-order valence-corrected chi connectivity index (χ4v) is 1.30. The molecule has 2 N–H and O–H groups in total. The van der Waals surface area contributed by atoms with Crippen LogP contribution in [0.25, 0.3) is 0 Å². The third kappa shape index (κ3) is 5.90. The predicted octanol–water partition coefficient (Wildman–Crippen LogP) is 1.55. The van der Waals surface area contributed by atoms with E-state index in [1.807, 2.05) is 12.1 Å². The summed E-state index contributed by atoms with van der Waals surface area (Å²) in [7, 11) is 0. The zero-order valence-electron chi connectivity index (χ0n) is 9.82. The Morgan fingerprint density at radius 3 is 3.12 bits per heavy atom. The number of aliphatic hydroxyl groups excluding tert-OH is 1. The van der Waals surface area contributed by atoms with Crippen molar-refractivity contribution >= 4 is 0 Å². The van der Waals surface area contributed by atoms with E-state index in [0.29, 0.717) is 19.7 Å². The predicted molar refractivity (Wildman–Crippen MR) is 62.1 cm³/mol. The van der Waals surface area contributed by atoms with E-state index < -0.39 is 6.10 Å². The largest absolute Gasteiger partial charge is 0.468 e. The molecule has 0 aromatic carbocycles. The second kappa shape index (κ2) is 8.33. The molecule has 0 fully saturated rings. The van der Waals surface area contributed by atoms with E-state index in [-0.39, 0.29) is 0 Å². The van der Waals surface area contributed by atoms with Gasteiger partial charge in [0.05, 0.1) is 25.5 Å². The van der Waals surface area contributed by atoms with Gasteiger partial charge in [-0.1, -0.05) is 13.3 Å². The van der Waals surface area contributed by atoms with Crippen LogP contribution in [0.3, 0.4) is 0 Å². The molecule has 0 aliphatic rings. The van der Waals surface area contributed by atoms with Crippen molar-refractivity contribution in [1.82, 2.24) is 5.32 Å². The summed E-state index contributed by atoms with van der Waals surface area (Å²) in [5, 5.41) is 12.7. The van der Waals surface area contributed by atoms with Crippen LogP contribution in [0, 0.1) is 0 Å². The molecule has 92 valence electrons. The number of furan rings is 1.